The third-order valence-corrected chi connectivity index (χ3v) is 5.36. The molecule has 1 heterocycles. The Balaban J connectivity index is 1.79. The van der Waals surface area contributed by atoms with Crippen LogP contribution in [0, 0.1) is 11.3 Å². The van der Waals surface area contributed by atoms with Crippen LogP contribution in [0.1, 0.15) is 30.9 Å². The molecule has 2 aromatic rings. The lowest BCUT2D eigenvalue weighted by Gasteiger charge is -2.47. The molecule has 3 rings (SSSR count). The molecule has 3 atom stereocenters. The molecule has 0 saturated carbocycles. The van der Waals surface area contributed by atoms with Crippen molar-refractivity contribution in [3.05, 3.63) is 59.7 Å². The average Bonchev–Trinajstić information content (AvgIpc) is 2.68. The summed E-state index contributed by atoms with van der Waals surface area (Å²) < 4.78 is 0. The van der Waals surface area contributed by atoms with Crippen molar-refractivity contribution in [3.8, 4) is 17.2 Å². The van der Waals surface area contributed by atoms with Gasteiger partial charge in [-0.3, -0.25) is 4.79 Å². The Hall–Kier alpha value is -2.68. The second kappa shape index (κ2) is 8.34. The quantitative estimate of drug-likeness (QED) is 0.827. The van der Waals surface area contributed by atoms with Crippen molar-refractivity contribution in [1.82, 2.24) is 10.2 Å². The molecule has 0 aromatic heterocycles. The van der Waals surface area contributed by atoms with Gasteiger partial charge >= 0.3 is 0 Å². The number of carbonyl (C=O) groups is 1. The molecule has 140 valence electrons. The fourth-order valence-corrected chi connectivity index (χ4v) is 3.83. The van der Waals surface area contributed by atoms with Crippen LogP contribution in [0.25, 0.3) is 11.1 Å². The number of likely N-dealkylation sites (N-methyl/N-ethyl adjacent to an activating group) is 1. The molecule has 1 aliphatic rings. The maximum absolute atomic E-state index is 11.7. The van der Waals surface area contributed by atoms with Crippen molar-refractivity contribution in [1.29, 1.82) is 5.26 Å². The number of benzene rings is 2. The van der Waals surface area contributed by atoms with E-state index in [0.717, 1.165) is 16.7 Å². The van der Waals surface area contributed by atoms with Gasteiger partial charge in [-0.15, -0.1) is 0 Å². The monoisotopic (exact) mass is 363 g/mol. The zero-order valence-corrected chi connectivity index (χ0v) is 15.7. The van der Waals surface area contributed by atoms with Gasteiger partial charge in [0.05, 0.1) is 18.2 Å². The minimum atomic E-state index is 0.00781. The lowest BCUT2D eigenvalue weighted by molar-refractivity contribution is -0.129. The summed E-state index contributed by atoms with van der Waals surface area (Å²) in [6, 6.07) is 18.1. The summed E-state index contributed by atoms with van der Waals surface area (Å²) in [4.78, 5) is 13.5. The summed E-state index contributed by atoms with van der Waals surface area (Å²) in [5.41, 5.74) is 3.86. The number of rotatable bonds is 6. The molecule has 2 N–H and O–H groups in total. The lowest BCUT2D eigenvalue weighted by Crippen LogP contribution is -2.65. The zero-order valence-electron chi connectivity index (χ0n) is 15.7. The first kappa shape index (κ1) is 19.1. The molecular formula is C22H25N3O2. The van der Waals surface area contributed by atoms with Gasteiger partial charge in [0, 0.05) is 38.0 Å². The second-order valence-electron chi connectivity index (χ2n) is 6.96. The van der Waals surface area contributed by atoms with Gasteiger partial charge in [-0.2, -0.15) is 5.26 Å². The molecule has 0 bridgehead atoms. The van der Waals surface area contributed by atoms with Crippen molar-refractivity contribution in [3.63, 3.8) is 0 Å². The maximum atomic E-state index is 11.7. The van der Waals surface area contributed by atoms with E-state index in [9.17, 15) is 9.90 Å². The smallest absolute Gasteiger partial charge is 0.219 e. The summed E-state index contributed by atoms with van der Waals surface area (Å²) in [6.07, 6.45) is 0. The molecular weight excluding hydrogens is 338 g/mol. The lowest BCUT2D eigenvalue weighted by atomic mass is 9.77. The highest BCUT2D eigenvalue weighted by Gasteiger charge is 2.41. The van der Waals surface area contributed by atoms with Crippen molar-refractivity contribution in [2.45, 2.75) is 31.8 Å². The number of nitriles is 1. The number of aliphatic hydroxyl groups is 1. The molecule has 2 aromatic carbocycles. The van der Waals surface area contributed by atoms with E-state index in [1.54, 1.807) is 13.0 Å². The van der Waals surface area contributed by atoms with E-state index >= 15 is 0 Å². The molecule has 27 heavy (non-hydrogen) atoms. The standard InChI is InChI=1S/C22H25N3O2/c1-3-25(15(2)27)13-20-22(21(14-26)24-20)18-9-7-17(8-10-18)19-6-4-5-16(11-19)12-23/h4-11,20-22,24,26H,3,13-14H2,1-2H3/t20-,21-,22-/m1/s1. The number of hydrogen-bond acceptors (Lipinski definition) is 4. The van der Waals surface area contributed by atoms with Crippen LogP contribution in [0.4, 0.5) is 0 Å². The zero-order chi connectivity index (χ0) is 19.4. The first-order valence-corrected chi connectivity index (χ1v) is 9.30. The van der Waals surface area contributed by atoms with Crippen LogP contribution in [0.15, 0.2) is 48.5 Å². The maximum Gasteiger partial charge on any atom is 0.219 e. The number of hydrogen-bond donors (Lipinski definition) is 2. The van der Waals surface area contributed by atoms with Gasteiger partial charge < -0.3 is 15.3 Å². The fourth-order valence-electron chi connectivity index (χ4n) is 3.83. The van der Waals surface area contributed by atoms with E-state index in [4.69, 9.17) is 5.26 Å². The van der Waals surface area contributed by atoms with Crippen LogP contribution in [-0.2, 0) is 4.79 Å². The Morgan fingerprint density at radius 1 is 1.19 bits per heavy atom. The summed E-state index contributed by atoms with van der Waals surface area (Å²) in [5, 5.41) is 22.1. The minimum absolute atomic E-state index is 0.00781. The molecule has 5 nitrogen and oxygen atoms in total. The van der Waals surface area contributed by atoms with Crippen LogP contribution in [-0.4, -0.2) is 47.7 Å². The molecule has 0 radical (unpaired) electrons. The van der Waals surface area contributed by atoms with Crippen molar-refractivity contribution in [2.75, 3.05) is 19.7 Å². The number of amides is 1. The highest BCUT2D eigenvalue weighted by Crippen LogP contribution is 2.34. The normalized spacial score (nSPS) is 21.2. The van der Waals surface area contributed by atoms with Crippen LogP contribution in [0.2, 0.25) is 0 Å². The topological polar surface area (TPSA) is 76.4 Å². The number of nitrogens with zero attached hydrogens (tertiary/aromatic N) is 2. The summed E-state index contributed by atoms with van der Waals surface area (Å²) in [7, 11) is 0. The Bertz CT molecular complexity index is 841. The third kappa shape index (κ3) is 4.02. The summed E-state index contributed by atoms with van der Waals surface area (Å²) >= 11 is 0. The van der Waals surface area contributed by atoms with Gasteiger partial charge in [0.15, 0.2) is 0 Å². The second-order valence-corrected chi connectivity index (χ2v) is 6.96. The van der Waals surface area contributed by atoms with Gasteiger partial charge in [0.2, 0.25) is 5.91 Å². The van der Waals surface area contributed by atoms with E-state index in [1.165, 1.54) is 0 Å². The summed E-state index contributed by atoms with van der Waals surface area (Å²) in [6.45, 7) is 4.95. The number of nitrogens with one attached hydrogen (secondary N) is 1. The van der Waals surface area contributed by atoms with E-state index in [2.05, 4.69) is 35.7 Å². The Kier molecular flexibility index (Phi) is 5.90. The van der Waals surface area contributed by atoms with Crippen LogP contribution < -0.4 is 5.32 Å². The third-order valence-electron chi connectivity index (χ3n) is 5.36. The van der Waals surface area contributed by atoms with E-state index < -0.39 is 0 Å². The predicted octanol–water partition coefficient (Wildman–Crippen LogP) is 2.51. The van der Waals surface area contributed by atoms with Crippen LogP contribution in [0.3, 0.4) is 0 Å². The summed E-state index contributed by atoms with van der Waals surface area (Å²) in [5.74, 6) is 0.237. The molecule has 0 unspecified atom stereocenters. The van der Waals surface area contributed by atoms with E-state index in [1.807, 2.05) is 30.0 Å². The molecule has 1 fully saturated rings. The highest BCUT2D eigenvalue weighted by atomic mass is 16.3. The Labute approximate surface area is 160 Å². The van der Waals surface area contributed by atoms with Crippen molar-refractivity contribution >= 4 is 5.91 Å². The fraction of sp³-hybridized carbons (Fsp3) is 0.364. The first-order valence-electron chi connectivity index (χ1n) is 9.30. The van der Waals surface area contributed by atoms with E-state index in [-0.39, 0.29) is 30.5 Å². The predicted molar refractivity (Wildman–Crippen MR) is 105 cm³/mol. The van der Waals surface area contributed by atoms with Crippen molar-refractivity contribution < 1.29 is 9.90 Å². The van der Waals surface area contributed by atoms with Gasteiger partial charge in [0.1, 0.15) is 0 Å². The first-order chi connectivity index (χ1) is 13.1. The van der Waals surface area contributed by atoms with Gasteiger partial charge in [-0.05, 0) is 35.7 Å². The molecule has 1 amide bonds. The minimum Gasteiger partial charge on any atom is -0.395 e. The van der Waals surface area contributed by atoms with Gasteiger partial charge in [0.25, 0.3) is 0 Å². The Morgan fingerprint density at radius 3 is 2.52 bits per heavy atom. The highest BCUT2D eigenvalue weighted by molar-refractivity contribution is 5.73. The molecule has 0 spiro atoms. The average molecular weight is 363 g/mol. The van der Waals surface area contributed by atoms with Gasteiger partial charge in [-0.25, -0.2) is 0 Å². The SMILES string of the molecule is CCN(C[C@H]1N[C@H](CO)[C@@H]1c1ccc(-c2cccc(C#N)c2)cc1)C(C)=O. The van der Waals surface area contributed by atoms with Crippen LogP contribution >= 0.6 is 0 Å². The molecule has 5 heteroatoms. The van der Waals surface area contributed by atoms with Gasteiger partial charge in [-0.1, -0.05) is 36.4 Å². The molecule has 1 aliphatic heterocycles. The van der Waals surface area contributed by atoms with Crippen molar-refractivity contribution in [2.24, 2.45) is 0 Å². The number of aliphatic hydroxyl groups excluding tert-OH is 1. The van der Waals surface area contributed by atoms with E-state index in [0.29, 0.717) is 18.7 Å². The Morgan fingerprint density at radius 2 is 1.93 bits per heavy atom. The molecule has 0 aliphatic carbocycles. The van der Waals surface area contributed by atoms with Crippen LogP contribution in [0.5, 0.6) is 0 Å². The molecule has 1 saturated heterocycles. The largest absolute Gasteiger partial charge is 0.395 e. The number of carbonyl (C=O) groups excluding carboxylic acids is 1.